The van der Waals surface area contributed by atoms with Gasteiger partial charge in [-0.1, -0.05) is 37.6 Å². The van der Waals surface area contributed by atoms with Crippen LogP contribution in [-0.4, -0.2) is 5.78 Å². The Morgan fingerprint density at radius 1 is 1.20 bits per heavy atom. The topological polar surface area (TPSA) is 17.1 Å². The van der Waals surface area contributed by atoms with Gasteiger partial charge in [-0.2, -0.15) is 0 Å². The van der Waals surface area contributed by atoms with Crippen molar-refractivity contribution in [3.63, 3.8) is 0 Å². The van der Waals surface area contributed by atoms with E-state index in [2.05, 4.69) is 31.2 Å². The Balaban J connectivity index is 2.93. The molecule has 0 amide bonds. The highest BCUT2D eigenvalue weighted by Gasteiger charge is 2.25. The summed E-state index contributed by atoms with van der Waals surface area (Å²) in [6.45, 7) is 7.78. The van der Waals surface area contributed by atoms with E-state index in [1.165, 1.54) is 5.56 Å². The summed E-state index contributed by atoms with van der Waals surface area (Å²) in [6, 6.07) is 8.41. The molecule has 1 nitrogen and oxygen atoms in total. The summed E-state index contributed by atoms with van der Waals surface area (Å²) in [5.74, 6) is 0.214. The van der Waals surface area contributed by atoms with Crippen molar-refractivity contribution in [2.75, 3.05) is 0 Å². The summed E-state index contributed by atoms with van der Waals surface area (Å²) >= 11 is 0. The van der Waals surface area contributed by atoms with Gasteiger partial charge in [0, 0.05) is 5.41 Å². The Labute approximate surface area is 92.5 Å². The summed E-state index contributed by atoms with van der Waals surface area (Å²) < 4.78 is 0. The van der Waals surface area contributed by atoms with Crippen LogP contribution in [0.2, 0.25) is 0 Å². The lowest BCUT2D eigenvalue weighted by Crippen LogP contribution is -2.26. The lowest BCUT2D eigenvalue weighted by atomic mass is 9.81. The Kier molecular flexibility index (Phi) is 3.67. The zero-order valence-corrected chi connectivity index (χ0v) is 10.1. The van der Waals surface area contributed by atoms with Gasteiger partial charge in [0.25, 0.3) is 0 Å². The van der Waals surface area contributed by atoms with Crippen LogP contribution in [0.3, 0.4) is 0 Å². The minimum atomic E-state index is -0.356. The predicted molar refractivity (Wildman–Crippen MR) is 64.1 cm³/mol. The SMILES string of the molecule is CCCc1ccc(C(C)(C)C(C)=O)cc1. The summed E-state index contributed by atoms with van der Waals surface area (Å²) in [6.07, 6.45) is 2.27. The summed E-state index contributed by atoms with van der Waals surface area (Å²) in [7, 11) is 0. The Bertz CT molecular complexity index is 333. The summed E-state index contributed by atoms with van der Waals surface area (Å²) in [4.78, 5) is 11.5. The van der Waals surface area contributed by atoms with Crippen LogP contribution in [0.5, 0.6) is 0 Å². The van der Waals surface area contributed by atoms with E-state index in [1.54, 1.807) is 6.92 Å². The molecule has 0 aliphatic carbocycles. The number of hydrogen-bond acceptors (Lipinski definition) is 1. The number of benzene rings is 1. The van der Waals surface area contributed by atoms with Gasteiger partial charge in [-0.25, -0.2) is 0 Å². The van der Waals surface area contributed by atoms with Crippen molar-refractivity contribution in [3.05, 3.63) is 35.4 Å². The molecule has 0 fully saturated rings. The molecule has 0 heterocycles. The molecule has 1 rings (SSSR count). The van der Waals surface area contributed by atoms with Crippen molar-refractivity contribution in [3.8, 4) is 0 Å². The van der Waals surface area contributed by atoms with Gasteiger partial charge in [0.1, 0.15) is 5.78 Å². The third-order valence-corrected chi connectivity index (χ3v) is 3.09. The molecular weight excluding hydrogens is 184 g/mol. The van der Waals surface area contributed by atoms with Crippen LogP contribution in [0.25, 0.3) is 0 Å². The smallest absolute Gasteiger partial charge is 0.139 e. The molecule has 1 aromatic carbocycles. The van der Waals surface area contributed by atoms with Crippen molar-refractivity contribution in [2.24, 2.45) is 0 Å². The van der Waals surface area contributed by atoms with Gasteiger partial charge in [0.05, 0.1) is 0 Å². The Morgan fingerprint density at radius 2 is 1.73 bits per heavy atom. The minimum absolute atomic E-state index is 0.214. The molecule has 0 radical (unpaired) electrons. The van der Waals surface area contributed by atoms with Crippen LogP contribution in [0.15, 0.2) is 24.3 Å². The van der Waals surface area contributed by atoms with Crippen LogP contribution in [0, 0.1) is 0 Å². The number of Topliss-reactive ketones (excluding diaryl/α,β-unsaturated/α-hetero) is 1. The lowest BCUT2D eigenvalue weighted by molar-refractivity contribution is -0.121. The fourth-order valence-electron chi connectivity index (χ4n) is 1.58. The molecule has 0 saturated heterocycles. The van der Waals surface area contributed by atoms with Crippen LogP contribution in [0.1, 0.15) is 45.2 Å². The highest BCUT2D eigenvalue weighted by atomic mass is 16.1. The van der Waals surface area contributed by atoms with Gasteiger partial charge < -0.3 is 0 Å². The number of hydrogen-bond donors (Lipinski definition) is 0. The highest BCUT2D eigenvalue weighted by molar-refractivity contribution is 5.87. The van der Waals surface area contributed by atoms with Crippen LogP contribution in [0.4, 0.5) is 0 Å². The highest BCUT2D eigenvalue weighted by Crippen LogP contribution is 2.24. The summed E-state index contributed by atoms with van der Waals surface area (Å²) in [5, 5.41) is 0. The van der Waals surface area contributed by atoms with Crippen LogP contribution < -0.4 is 0 Å². The van der Waals surface area contributed by atoms with Crippen LogP contribution in [-0.2, 0) is 16.6 Å². The molecule has 0 saturated carbocycles. The molecule has 0 atom stereocenters. The largest absolute Gasteiger partial charge is 0.299 e. The average Bonchev–Trinajstić information content (AvgIpc) is 2.19. The first-order valence-corrected chi connectivity index (χ1v) is 5.59. The quantitative estimate of drug-likeness (QED) is 0.733. The number of rotatable bonds is 4. The number of aryl methyl sites for hydroxylation is 1. The van der Waals surface area contributed by atoms with E-state index in [1.807, 2.05) is 13.8 Å². The van der Waals surface area contributed by atoms with E-state index >= 15 is 0 Å². The van der Waals surface area contributed by atoms with Crippen molar-refractivity contribution in [2.45, 2.75) is 46.0 Å². The molecular formula is C14H20O. The normalized spacial score (nSPS) is 11.5. The second kappa shape index (κ2) is 4.61. The lowest BCUT2D eigenvalue weighted by Gasteiger charge is -2.21. The minimum Gasteiger partial charge on any atom is -0.299 e. The van der Waals surface area contributed by atoms with Gasteiger partial charge in [0.2, 0.25) is 0 Å². The first-order valence-electron chi connectivity index (χ1n) is 5.59. The fourth-order valence-corrected chi connectivity index (χ4v) is 1.58. The maximum absolute atomic E-state index is 11.5. The molecule has 0 spiro atoms. The Hall–Kier alpha value is -1.11. The second-order valence-corrected chi connectivity index (χ2v) is 4.63. The van der Waals surface area contributed by atoms with Gasteiger partial charge in [-0.05, 0) is 38.3 Å². The van der Waals surface area contributed by atoms with Crippen LogP contribution >= 0.6 is 0 Å². The molecule has 0 aliphatic rings. The fraction of sp³-hybridized carbons (Fsp3) is 0.500. The van der Waals surface area contributed by atoms with Crippen molar-refractivity contribution < 1.29 is 4.79 Å². The van der Waals surface area contributed by atoms with Crippen molar-refractivity contribution >= 4 is 5.78 Å². The summed E-state index contributed by atoms with van der Waals surface area (Å²) in [5.41, 5.74) is 2.10. The van der Waals surface area contributed by atoms with Crippen molar-refractivity contribution in [1.29, 1.82) is 0 Å². The zero-order valence-electron chi connectivity index (χ0n) is 10.1. The molecule has 82 valence electrons. The van der Waals surface area contributed by atoms with Gasteiger partial charge >= 0.3 is 0 Å². The zero-order chi connectivity index (χ0) is 11.5. The second-order valence-electron chi connectivity index (χ2n) is 4.63. The first kappa shape index (κ1) is 12.0. The average molecular weight is 204 g/mol. The number of carbonyl (C=O) groups excluding carboxylic acids is 1. The molecule has 1 heteroatoms. The molecule has 0 N–H and O–H groups in total. The maximum Gasteiger partial charge on any atom is 0.139 e. The van der Waals surface area contributed by atoms with Gasteiger partial charge in [-0.3, -0.25) is 4.79 Å². The first-order chi connectivity index (χ1) is 6.98. The molecule has 0 unspecified atom stereocenters. The number of carbonyl (C=O) groups is 1. The monoisotopic (exact) mass is 204 g/mol. The van der Waals surface area contributed by atoms with Crippen molar-refractivity contribution in [1.82, 2.24) is 0 Å². The molecule has 15 heavy (non-hydrogen) atoms. The molecule has 0 aliphatic heterocycles. The van der Waals surface area contributed by atoms with E-state index in [0.29, 0.717) is 0 Å². The molecule has 0 aromatic heterocycles. The molecule has 0 bridgehead atoms. The predicted octanol–water partition coefficient (Wildman–Crippen LogP) is 3.51. The van der Waals surface area contributed by atoms with Gasteiger partial charge in [0.15, 0.2) is 0 Å². The van der Waals surface area contributed by atoms with E-state index in [4.69, 9.17) is 0 Å². The third-order valence-electron chi connectivity index (χ3n) is 3.09. The Morgan fingerprint density at radius 3 is 2.13 bits per heavy atom. The van der Waals surface area contributed by atoms with E-state index in [0.717, 1.165) is 18.4 Å². The number of ketones is 1. The maximum atomic E-state index is 11.5. The standard InChI is InChI=1S/C14H20O/c1-5-6-12-7-9-13(10-8-12)14(3,4)11(2)15/h7-10H,5-6H2,1-4H3. The third kappa shape index (κ3) is 2.68. The van der Waals surface area contributed by atoms with Gasteiger partial charge in [-0.15, -0.1) is 0 Å². The molecule has 1 aromatic rings. The van der Waals surface area contributed by atoms with E-state index < -0.39 is 0 Å². The van der Waals surface area contributed by atoms with E-state index in [-0.39, 0.29) is 11.2 Å². The van der Waals surface area contributed by atoms with E-state index in [9.17, 15) is 4.79 Å².